The molecule has 0 bridgehead atoms. The fourth-order valence-corrected chi connectivity index (χ4v) is 2.11. The lowest BCUT2D eigenvalue weighted by molar-refractivity contribution is 0.592. The first-order chi connectivity index (χ1) is 7.41. The molecule has 0 saturated heterocycles. The van der Waals surface area contributed by atoms with Crippen molar-refractivity contribution < 1.29 is 0 Å². The highest BCUT2D eigenvalue weighted by molar-refractivity contribution is 5.86. The number of nitrogens with one attached hydrogen (secondary N) is 1. The SMILES string of the molecule is CC(C)c1c[nH]c2c(C(C)(C)C)cncc12. The second-order valence-corrected chi connectivity index (χ2v) is 5.76. The third-order valence-corrected chi connectivity index (χ3v) is 3.06. The lowest BCUT2D eigenvalue weighted by Gasteiger charge is -2.19. The van der Waals surface area contributed by atoms with Crippen molar-refractivity contribution in [2.24, 2.45) is 0 Å². The molecule has 0 aliphatic heterocycles. The summed E-state index contributed by atoms with van der Waals surface area (Å²) in [6.45, 7) is 11.1. The van der Waals surface area contributed by atoms with E-state index < -0.39 is 0 Å². The number of fused-ring (bicyclic) bond motifs is 1. The molecule has 16 heavy (non-hydrogen) atoms. The number of nitrogens with zero attached hydrogens (tertiary/aromatic N) is 1. The van der Waals surface area contributed by atoms with Crippen molar-refractivity contribution in [1.82, 2.24) is 9.97 Å². The van der Waals surface area contributed by atoms with Crippen molar-refractivity contribution in [1.29, 1.82) is 0 Å². The third-order valence-electron chi connectivity index (χ3n) is 3.06. The van der Waals surface area contributed by atoms with Gasteiger partial charge in [-0.1, -0.05) is 34.6 Å². The van der Waals surface area contributed by atoms with Crippen molar-refractivity contribution in [3.63, 3.8) is 0 Å². The summed E-state index contributed by atoms with van der Waals surface area (Å²) in [6, 6.07) is 0. The van der Waals surface area contributed by atoms with Gasteiger partial charge >= 0.3 is 0 Å². The lowest BCUT2D eigenvalue weighted by Crippen LogP contribution is -2.12. The van der Waals surface area contributed by atoms with Crippen LogP contribution in [0.15, 0.2) is 18.6 Å². The average Bonchev–Trinajstić information content (AvgIpc) is 2.58. The molecule has 0 fully saturated rings. The number of hydrogen-bond donors (Lipinski definition) is 1. The summed E-state index contributed by atoms with van der Waals surface area (Å²) in [4.78, 5) is 7.78. The van der Waals surface area contributed by atoms with Crippen molar-refractivity contribution in [2.45, 2.75) is 46.0 Å². The molecule has 0 amide bonds. The van der Waals surface area contributed by atoms with Crippen LogP contribution in [-0.4, -0.2) is 9.97 Å². The summed E-state index contributed by atoms with van der Waals surface area (Å²) in [6.07, 6.45) is 6.06. The van der Waals surface area contributed by atoms with Crippen LogP contribution < -0.4 is 0 Å². The zero-order chi connectivity index (χ0) is 11.9. The van der Waals surface area contributed by atoms with E-state index >= 15 is 0 Å². The molecule has 2 rings (SSSR count). The van der Waals surface area contributed by atoms with Gasteiger partial charge in [-0.15, -0.1) is 0 Å². The molecule has 0 saturated carbocycles. The van der Waals surface area contributed by atoms with E-state index in [-0.39, 0.29) is 5.41 Å². The molecule has 1 N–H and O–H groups in total. The molecule has 2 aromatic heterocycles. The van der Waals surface area contributed by atoms with Gasteiger partial charge in [0.15, 0.2) is 0 Å². The Hall–Kier alpha value is -1.31. The summed E-state index contributed by atoms with van der Waals surface area (Å²) in [5.74, 6) is 0.533. The van der Waals surface area contributed by atoms with Crippen molar-refractivity contribution in [2.75, 3.05) is 0 Å². The lowest BCUT2D eigenvalue weighted by atomic mass is 9.86. The molecule has 2 heteroatoms. The van der Waals surface area contributed by atoms with Crippen molar-refractivity contribution in [3.8, 4) is 0 Å². The highest BCUT2D eigenvalue weighted by Gasteiger charge is 2.19. The quantitative estimate of drug-likeness (QED) is 0.767. The Labute approximate surface area is 97.1 Å². The normalized spacial score (nSPS) is 12.6. The molecule has 2 nitrogen and oxygen atoms in total. The Morgan fingerprint density at radius 1 is 1.19 bits per heavy atom. The van der Waals surface area contributed by atoms with E-state index in [0.29, 0.717) is 5.92 Å². The monoisotopic (exact) mass is 216 g/mol. The molecule has 2 heterocycles. The number of hydrogen-bond acceptors (Lipinski definition) is 1. The molecule has 86 valence electrons. The molecule has 0 radical (unpaired) electrons. The van der Waals surface area contributed by atoms with Gasteiger partial charge in [0.2, 0.25) is 0 Å². The van der Waals surface area contributed by atoms with Gasteiger partial charge in [0.1, 0.15) is 0 Å². The predicted molar refractivity (Wildman–Crippen MR) is 68.9 cm³/mol. The maximum absolute atomic E-state index is 4.37. The summed E-state index contributed by atoms with van der Waals surface area (Å²) in [5, 5.41) is 1.27. The smallest absolute Gasteiger partial charge is 0.0525 e. The summed E-state index contributed by atoms with van der Waals surface area (Å²) in [7, 11) is 0. The number of H-pyrrole nitrogens is 1. The fourth-order valence-electron chi connectivity index (χ4n) is 2.11. The summed E-state index contributed by atoms with van der Waals surface area (Å²) >= 11 is 0. The van der Waals surface area contributed by atoms with Crippen LogP contribution in [0.4, 0.5) is 0 Å². The number of aromatic nitrogens is 2. The van der Waals surface area contributed by atoms with Gasteiger partial charge < -0.3 is 4.98 Å². The van der Waals surface area contributed by atoms with Gasteiger partial charge in [0, 0.05) is 24.0 Å². The van der Waals surface area contributed by atoms with Crippen LogP contribution in [0.5, 0.6) is 0 Å². The third kappa shape index (κ3) is 1.73. The van der Waals surface area contributed by atoms with Crippen molar-refractivity contribution in [3.05, 3.63) is 29.7 Å². The maximum Gasteiger partial charge on any atom is 0.0525 e. The molecule has 0 aliphatic carbocycles. The standard InChI is InChI=1S/C14H20N2/c1-9(2)10-7-16-13-11(10)6-15-8-12(13)14(3,4)5/h6-9,16H,1-5H3. The topological polar surface area (TPSA) is 28.7 Å². The summed E-state index contributed by atoms with van der Waals surface area (Å²) in [5.41, 5.74) is 4.02. The minimum Gasteiger partial charge on any atom is -0.361 e. The number of rotatable bonds is 1. The Morgan fingerprint density at radius 3 is 2.44 bits per heavy atom. The van der Waals surface area contributed by atoms with Gasteiger partial charge in [0.05, 0.1) is 5.52 Å². The molecule has 0 spiro atoms. The molecule has 2 aromatic rings. The molecule has 0 unspecified atom stereocenters. The Morgan fingerprint density at radius 2 is 1.88 bits per heavy atom. The van der Waals surface area contributed by atoms with E-state index in [1.165, 1.54) is 22.0 Å². The zero-order valence-corrected chi connectivity index (χ0v) is 10.8. The number of pyridine rings is 1. The van der Waals surface area contributed by atoms with Gasteiger partial charge in [-0.2, -0.15) is 0 Å². The highest BCUT2D eigenvalue weighted by Crippen LogP contribution is 2.32. The largest absolute Gasteiger partial charge is 0.361 e. The average molecular weight is 216 g/mol. The fraction of sp³-hybridized carbons (Fsp3) is 0.500. The molecule has 0 aromatic carbocycles. The maximum atomic E-state index is 4.37. The Bertz CT molecular complexity index is 501. The zero-order valence-electron chi connectivity index (χ0n) is 10.8. The van der Waals surface area contributed by atoms with E-state index in [1.807, 2.05) is 12.4 Å². The van der Waals surface area contributed by atoms with Crippen molar-refractivity contribution >= 4 is 10.9 Å². The van der Waals surface area contributed by atoms with Gasteiger partial charge in [-0.25, -0.2) is 0 Å². The van der Waals surface area contributed by atoms with E-state index in [2.05, 4.69) is 50.8 Å². The number of aromatic amines is 1. The first-order valence-electron chi connectivity index (χ1n) is 5.86. The molecule has 0 aliphatic rings. The first-order valence-corrected chi connectivity index (χ1v) is 5.86. The Kier molecular flexibility index (Phi) is 2.53. The van der Waals surface area contributed by atoms with Crippen LogP contribution in [0.3, 0.4) is 0 Å². The highest BCUT2D eigenvalue weighted by atomic mass is 14.7. The van der Waals surface area contributed by atoms with Gasteiger partial charge in [-0.3, -0.25) is 4.98 Å². The van der Waals surface area contributed by atoms with E-state index in [1.54, 1.807) is 0 Å². The van der Waals surface area contributed by atoms with Gasteiger partial charge in [-0.05, 0) is 22.5 Å². The molecule has 0 atom stereocenters. The predicted octanol–water partition coefficient (Wildman–Crippen LogP) is 3.98. The minimum atomic E-state index is 0.131. The second kappa shape index (κ2) is 3.62. The minimum absolute atomic E-state index is 0.131. The van der Waals surface area contributed by atoms with Crippen LogP contribution in [0, 0.1) is 0 Å². The second-order valence-electron chi connectivity index (χ2n) is 5.76. The van der Waals surface area contributed by atoms with Crippen LogP contribution >= 0.6 is 0 Å². The van der Waals surface area contributed by atoms with Crippen LogP contribution in [0.25, 0.3) is 10.9 Å². The molecular formula is C14H20N2. The first kappa shape index (κ1) is 11.2. The van der Waals surface area contributed by atoms with E-state index in [9.17, 15) is 0 Å². The van der Waals surface area contributed by atoms with E-state index in [0.717, 1.165) is 0 Å². The van der Waals surface area contributed by atoms with Gasteiger partial charge in [0.25, 0.3) is 0 Å². The van der Waals surface area contributed by atoms with E-state index in [4.69, 9.17) is 0 Å². The summed E-state index contributed by atoms with van der Waals surface area (Å²) < 4.78 is 0. The Balaban J connectivity index is 2.72. The molecular weight excluding hydrogens is 196 g/mol. The van der Waals surface area contributed by atoms with Crippen LogP contribution in [0.2, 0.25) is 0 Å². The van der Waals surface area contributed by atoms with Crippen LogP contribution in [-0.2, 0) is 5.41 Å². The van der Waals surface area contributed by atoms with Crippen LogP contribution in [0.1, 0.15) is 51.7 Å².